The molecule has 1 amide bonds. The van der Waals surface area contributed by atoms with Gasteiger partial charge in [-0.2, -0.15) is 0 Å². The van der Waals surface area contributed by atoms with Crippen molar-refractivity contribution in [1.82, 2.24) is 9.97 Å². The van der Waals surface area contributed by atoms with Gasteiger partial charge < -0.3 is 15.0 Å². The summed E-state index contributed by atoms with van der Waals surface area (Å²) in [6.07, 6.45) is 0.848. The van der Waals surface area contributed by atoms with Gasteiger partial charge >= 0.3 is 0 Å². The molecule has 0 saturated heterocycles. The number of nitrogens with zero attached hydrogens (tertiary/aromatic N) is 3. The lowest BCUT2D eigenvalue weighted by atomic mass is 10.2. The minimum atomic E-state index is -0.165. The standard InChI is InChI=1S/C17H22N4O2/c1-13-12-15(20-17(19-13)18-10-7-11-23-3)16(22)21(2)14-8-5-4-6-9-14/h4-6,8-9,12H,7,10-11H2,1-3H3,(H,18,19,20). The number of amides is 1. The zero-order chi connectivity index (χ0) is 16.7. The second-order valence-corrected chi connectivity index (χ2v) is 5.19. The van der Waals surface area contributed by atoms with Crippen LogP contribution in [-0.4, -0.2) is 43.2 Å². The summed E-state index contributed by atoms with van der Waals surface area (Å²) in [4.78, 5) is 22.8. The molecule has 1 heterocycles. The Kier molecular flexibility index (Phi) is 6.05. The highest BCUT2D eigenvalue weighted by atomic mass is 16.5. The van der Waals surface area contributed by atoms with Crippen LogP contribution >= 0.6 is 0 Å². The van der Waals surface area contributed by atoms with E-state index in [-0.39, 0.29) is 5.91 Å². The molecule has 23 heavy (non-hydrogen) atoms. The van der Waals surface area contributed by atoms with E-state index in [9.17, 15) is 4.79 Å². The van der Waals surface area contributed by atoms with E-state index in [1.807, 2.05) is 37.3 Å². The molecule has 0 radical (unpaired) electrons. The van der Waals surface area contributed by atoms with Crippen molar-refractivity contribution in [2.24, 2.45) is 0 Å². The number of aromatic nitrogens is 2. The van der Waals surface area contributed by atoms with Crippen LogP contribution in [0, 0.1) is 6.92 Å². The van der Waals surface area contributed by atoms with Crippen molar-refractivity contribution in [2.75, 3.05) is 37.5 Å². The summed E-state index contributed by atoms with van der Waals surface area (Å²) in [7, 11) is 3.40. The number of hydrogen-bond donors (Lipinski definition) is 1. The minimum Gasteiger partial charge on any atom is -0.385 e. The lowest BCUT2D eigenvalue weighted by Crippen LogP contribution is -2.27. The smallest absolute Gasteiger partial charge is 0.276 e. The van der Waals surface area contributed by atoms with Crippen LogP contribution < -0.4 is 10.2 Å². The third-order valence-electron chi connectivity index (χ3n) is 3.33. The molecule has 1 N–H and O–H groups in total. The maximum absolute atomic E-state index is 12.6. The minimum absolute atomic E-state index is 0.165. The maximum Gasteiger partial charge on any atom is 0.276 e. The summed E-state index contributed by atoms with van der Waals surface area (Å²) in [5, 5.41) is 3.12. The van der Waals surface area contributed by atoms with Gasteiger partial charge in [0.1, 0.15) is 5.69 Å². The van der Waals surface area contributed by atoms with Gasteiger partial charge in [-0.05, 0) is 31.5 Å². The van der Waals surface area contributed by atoms with Gasteiger partial charge in [-0.25, -0.2) is 9.97 Å². The lowest BCUT2D eigenvalue weighted by molar-refractivity contribution is 0.0988. The quantitative estimate of drug-likeness (QED) is 0.795. The average molecular weight is 314 g/mol. The fourth-order valence-electron chi connectivity index (χ4n) is 2.11. The number of rotatable bonds is 7. The summed E-state index contributed by atoms with van der Waals surface area (Å²) >= 11 is 0. The molecule has 0 fully saturated rings. The molecule has 0 saturated carbocycles. The van der Waals surface area contributed by atoms with Gasteiger partial charge in [-0.15, -0.1) is 0 Å². The van der Waals surface area contributed by atoms with E-state index >= 15 is 0 Å². The summed E-state index contributed by atoms with van der Waals surface area (Å²) < 4.78 is 5.00. The summed E-state index contributed by atoms with van der Waals surface area (Å²) in [6, 6.07) is 11.2. The summed E-state index contributed by atoms with van der Waals surface area (Å²) in [6.45, 7) is 3.21. The molecule has 6 nitrogen and oxygen atoms in total. The van der Waals surface area contributed by atoms with Crippen molar-refractivity contribution in [1.29, 1.82) is 0 Å². The van der Waals surface area contributed by atoms with Gasteiger partial charge in [0.05, 0.1) is 0 Å². The molecule has 1 aromatic carbocycles. The SMILES string of the molecule is COCCCNc1nc(C)cc(C(=O)N(C)c2ccccc2)n1. The first-order valence-electron chi connectivity index (χ1n) is 7.53. The average Bonchev–Trinajstić information content (AvgIpc) is 2.58. The second kappa shape index (κ2) is 8.24. The van der Waals surface area contributed by atoms with Crippen LogP contribution in [-0.2, 0) is 4.74 Å². The van der Waals surface area contributed by atoms with Crippen LogP contribution in [0.2, 0.25) is 0 Å². The molecule has 0 aliphatic heterocycles. The second-order valence-electron chi connectivity index (χ2n) is 5.19. The Balaban J connectivity index is 2.12. The number of carbonyl (C=O) groups excluding carboxylic acids is 1. The van der Waals surface area contributed by atoms with Crippen LogP contribution in [0.15, 0.2) is 36.4 Å². The number of anilines is 2. The number of carbonyl (C=O) groups is 1. The lowest BCUT2D eigenvalue weighted by Gasteiger charge is -2.17. The fraction of sp³-hybridized carbons (Fsp3) is 0.353. The molecular weight excluding hydrogens is 292 g/mol. The number of aryl methyl sites for hydroxylation is 1. The highest BCUT2D eigenvalue weighted by molar-refractivity contribution is 6.04. The number of hydrogen-bond acceptors (Lipinski definition) is 5. The first kappa shape index (κ1) is 16.9. The van der Waals surface area contributed by atoms with E-state index in [0.29, 0.717) is 24.8 Å². The number of nitrogens with one attached hydrogen (secondary N) is 1. The van der Waals surface area contributed by atoms with Gasteiger partial charge in [-0.1, -0.05) is 18.2 Å². The molecule has 1 aromatic heterocycles. The van der Waals surface area contributed by atoms with E-state index in [2.05, 4.69) is 15.3 Å². The highest BCUT2D eigenvalue weighted by Crippen LogP contribution is 2.15. The zero-order valence-electron chi connectivity index (χ0n) is 13.7. The summed E-state index contributed by atoms with van der Waals surface area (Å²) in [5.41, 5.74) is 1.94. The van der Waals surface area contributed by atoms with Gasteiger partial charge in [0.25, 0.3) is 5.91 Å². The van der Waals surface area contributed by atoms with Crippen LogP contribution in [0.5, 0.6) is 0 Å². The molecule has 6 heteroatoms. The summed E-state index contributed by atoms with van der Waals surface area (Å²) in [5.74, 6) is 0.299. The van der Waals surface area contributed by atoms with E-state index in [4.69, 9.17) is 4.74 Å². The predicted molar refractivity (Wildman–Crippen MR) is 90.9 cm³/mol. The molecule has 2 rings (SSSR count). The van der Waals surface area contributed by atoms with Crippen LogP contribution in [0.1, 0.15) is 22.6 Å². The third-order valence-corrected chi connectivity index (χ3v) is 3.33. The van der Waals surface area contributed by atoms with E-state index in [1.165, 1.54) is 0 Å². The van der Waals surface area contributed by atoms with Crippen molar-refractivity contribution in [3.8, 4) is 0 Å². The Bertz CT molecular complexity index is 646. The van der Waals surface area contributed by atoms with Crippen molar-refractivity contribution < 1.29 is 9.53 Å². The fourth-order valence-corrected chi connectivity index (χ4v) is 2.11. The van der Waals surface area contributed by atoms with E-state index in [1.54, 1.807) is 25.1 Å². The first-order valence-corrected chi connectivity index (χ1v) is 7.53. The van der Waals surface area contributed by atoms with Crippen molar-refractivity contribution >= 4 is 17.5 Å². The number of ether oxygens (including phenoxy) is 1. The maximum atomic E-state index is 12.6. The topological polar surface area (TPSA) is 67.3 Å². The van der Waals surface area contributed by atoms with Crippen molar-refractivity contribution in [3.63, 3.8) is 0 Å². The number of benzene rings is 1. The Morgan fingerprint density at radius 1 is 1.26 bits per heavy atom. The molecule has 0 atom stereocenters. The van der Waals surface area contributed by atoms with Crippen molar-refractivity contribution in [2.45, 2.75) is 13.3 Å². The van der Waals surface area contributed by atoms with Gasteiger partial charge in [0, 0.05) is 38.7 Å². The van der Waals surface area contributed by atoms with Crippen molar-refractivity contribution in [3.05, 3.63) is 47.8 Å². The molecule has 122 valence electrons. The number of methoxy groups -OCH3 is 1. The van der Waals surface area contributed by atoms with E-state index in [0.717, 1.165) is 17.8 Å². The Hall–Kier alpha value is -2.47. The van der Waals surface area contributed by atoms with Crippen LogP contribution in [0.25, 0.3) is 0 Å². The molecule has 0 aliphatic carbocycles. The monoisotopic (exact) mass is 314 g/mol. The molecule has 2 aromatic rings. The zero-order valence-corrected chi connectivity index (χ0v) is 13.7. The van der Waals surface area contributed by atoms with Crippen LogP contribution in [0.4, 0.5) is 11.6 Å². The molecule has 0 aliphatic rings. The Labute approximate surface area is 136 Å². The Morgan fingerprint density at radius 3 is 2.70 bits per heavy atom. The molecular formula is C17H22N4O2. The number of para-hydroxylation sites is 1. The van der Waals surface area contributed by atoms with E-state index < -0.39 is 0 Å². The predicted octanol–water partition coefficient (Wildman–Crippen LogP) is 2.51. The third kappa shape index (κ3) is 4.75. The molecule has 0 spiro atoms. The van der Waals surface area contributed by atoms with Gasteiger partial charge in [-0.3, -0.25) is 4.79 Å². The molecule has 0 unspecified atom stereocenters. The van der Waals surface area contributed by atoms with Crippen LogP contribution in [0.3, 0.4) is 0 Å². The Morgan fingerprint density at radius 2 is 2.00 bits per heavy atom. The molecule has 0 bridgehead atoms. The van der Waals surface area contributed by atoms with Gasteiger partial charge in [0.15, 0.2) is 0 Å². The highest BCUT2D eigenvalue weighted by Gasteiger charge is 2.16. The first-order chi connectivity index (χ1) is 11.1. The normalized spacial score (nSPS) is 10.4. The largest absolute Gasteiger partial charge is 0.385 e. The van der Waals surface area contributed by atoms with Gasteiger partial charge in [0.2, 0.25) is 5.95 Å².